The highest BCUT2D eigenvalue weighted by Crippen LogP contribution is 2.30. The molecular weight excluding hydrogens is 360 g/mol. The van der Waals surface area contributed by atoms with Gasteiger partial charge >= 0.3 is 6.03 Å². The molecule has 2 aromatic carbocycles. The fourth-order valence-corrected chi connectivity index (χ4v) is 4.67. The second-order valence-corrected chi connectivity index (χ2v) is 8.03. The number of amides is 2. The number of hydrogen-bond acceptors (Lipinski definition) is 3. The Bertz CT molecular complexity index is 821. The lowest BCUT2D eigenvalue weighted by molar-refractivity contribution is 0.141. The third kappa shape index (κ3) is 4.25. The van der Waals surface area contributed by atoms with Gasteiger partial charge in [-0.25, -0.2) is 4.79 Å². The molecule has 0 aliphatic carbocycles. The van der Waals surface area contributed by atoms with Crippen molar-refractivity contribution in [3.63, 3.8) is 0 Å². The first-order valence-corrected chi connectivity index (χ1v) is 10.8. The zero-order valence-electron chi connectivity index (χ0n) is 17.6. The lowest BCUT2D eigenvalue weighted by Gasteiger charge is -2.43. The van der Waals surface area contributed by atoms with Crippen LogP contribution in [0.15, 0.2) is 54.6 Å². The van der Waals surface area contributed by atoms with Crippen LogP contribution in [0.4, 0.5) is 10.5 Å². The van der Waals surface area contributed by atoms with Gasteiger partial charge in [-0.05, 0) is 31.0 Å². The number of carbonyl (C=O) groups excluding carboxylic acids is 1. The fraction of sp³-hybridized carbons (Fsp3) is 0.458. The molecule has 154 valence electrons. The smallest absolute Gasteiger partial charge is 0.320 e. The molecule has 0 radical (unpaired) electrons. The molecule has 1 unspecified atom stereocenters. The third-order valence-corrected chi connectivity index (χ3v) is 6.21. The minimum Gasteiger partial charge on any atom is -0.364 e. The largest absolute Gasteiger partial charge is 0.364 e. The molecule has 0 aromatic heterocycles. The predicted molar refractivity (Wildman–Crippen MR) is 118 cm³/mol. The molecule has 2 aliphatic rings. The van der Waals surface area contributed by atoms with E-state index in [-0.39, 0.29) is 6.03 Å². The summed E-state index contributed by atoms with van der Waals surface area (Å²) < 4.78 is 0. The summed E-state index contributed by atoms with van der Waals surface area (Å²) in [5.41, 5.74) is 3.91. The minimum atomic E-state index is 0.159. The Kier molecular flexibility index (Phi) is 6.05. The average molecular weight is 393 g/mol. The predicted octanol–water partition coefficient (Wildman–Crippen LogP) is 3.65. The summed E-state index contributed by atoms with van der Waals surface area (Å²) >= 11 is 0. The number of hydrogen-bond donors (Lipinski definition) is 0. The Morgan fingerprint density at radius 3 is 2.45 bits per heavy atom. The summed E-state index contributed by atoms with van der Waals surface area (Å²) in [4.78, 5) is 22.2. The summed E-state index contributed by atoms with van der Waals surface area (Å²) in [7, 11) is 0. The molecule has 1 saturated heterocycles. The lowest BCUT2D eigenvalue weighted by atomic mass is 10.1. The number of urea groups is 1. The zero-order chi connectivity index (χ0) is 20.2. The normalized spacial score (nSPS) is 19.3. The zero-order valence-corrected chi connectivity index (χ0v) is 17.6. The highest BCUT2D eigenvalue weighted by atomic mass is 16.2. The Morgan fingerprint density at radius 1 is 0.966 bits per heavy atom. The number of anilines is 1. The number of carbonyl (C=O) groups is 1. The Hall–Kier alpha value is -2.53. The van der Waals surface area contributed by atoms with E-state index in [0.717, 1.165) is 45.8 Å². The molecule has 0 saturated carbocycles. The molecule has 5 heteroatoms. The number of fused-ring (bicyclic) bond motifs is 3. The molecule has 1 fully saturated rings. The van der Waals surface area contributed by atoms with Crippen molar-refractivity contribution in [2.75, 3.05) is 44.2 Å². The lowest BCUT2D eigenvalue weighted by Crippen LogP contribution is -2.57. The van der Waals surface area contributed by atoms with Crippen LogP contribution >= 0.6 is 0 Å². The molecule has 2 amide bonds. The van der Waals surface area contributed by atoms with E-state index in [0.29, 0.717) is 12.6 Å². The summed E-state index contributed by atoms with van der Waals surface area (Å²) in [5.74, 6) is 0. The SMILES string of the molecule is CCN(CC)C(=O)N1Cc2ccccc2N2CCN(Cc3ccccc3)CC2C1. The minimum absolute atomic E-state index is 0.159. The molecule has 0 bridgehead atoms. The molecule has 1 atom stereocenters. The maximum absolute atomic E-state index is 13.2. The Labute approximate surface area is 174 Å². The Morgan fingerprint density at radius 2 is 1.69 bits per heavy atom. The molecule has 0 spiro atoms. The summed E-state index contributed by atoms with van der Waals surface area (Å²) in [6, 6.07) is 19.8. The number of rotatable bonds is 4. The van der Waals surface area contributed by atoms with Crippen LogP contribution in [0.3, 0.4) is 0 Å². The van der Waals surface area contributed by atoms with Gasteiger partial charge in [0.2, 0.25) is 0 Å². The fourth-order valence-electron chi connectivity index (χ4n) is 4.67. The van der Waals surface area contributed by atoms with Crippen LogP contribution in [-0.4, -0.2) is 66.0 Å². The van der Waals surface area contributed by atoms with Crippen LogP contribution in [0.25, 0.3) is 0 Å². The Balaban J connectivity index is 1.57. The second kappa shape index (κ2) is 8.87. The van der Waals surface area contributed by atoms with Crippen LogP contribution in [-0.2, 0) is 13.1 Å². The van der Waals surface area contributed by atoms with Gasteiger partial charge in [0.15, 0.2) is 0 Å². The van der Waals surface area contributed by atoms with E-state index < -0.39 is 0 Å². The van der Waals surface area contributed by atoms with E-state index in [1.807, 2.05) is 4.90 Å². The maximum Gasteiger partial charge on any atom is 0.320 e. The van der Waals surface area contributed by atoms with Crippen molar-refractivity contribution in [3.05, 3.63) is 65.7 Å². The second-order valence-electron chi connectivity index (χ2n) is 8.03. The van der Waals surface area contributed by atoms with Gasteiger partial charge in [0.25, 0.3) is 0 Å². The van der Waals surface area contributed by atoms with Crippen molar-refractivity contribution >= 4 is 11.7 Å². The average Bonchev–Trinajstić information content (AvgIpc) is 2.92. The topological polar surface area (TPSA) is 30.0 Å². The van der Waals surface area contributed by atoms with E-state index in [4.69, 9.17) is 0 Å². The van der Waals surface area contributed by atoms with Gasteiger partial charge in [0, 0.05) is 58.0 Å². The maximum atomic E-state index is 13.2. The third-order valence-electron chi connectivity index (χ3n) is 6.21. The van der Waals surface area contributed by atoms with Crippen molar-refractivity contribution in [2.45, 2.75) is 33.0 Å². The van der Waals surface area contributed by atoms with Crippen LogP contribution < -0.4 is 4.90 Å². The van der Waals surface area contributed by atoms with Crippen molar-refractivity contribution in [1.29, 1.82) is 0 Å². The van der Waals surface area contributed by atoms with Gasteiger partial charge in [0.1, 0.15) is 0 Å². The van der Waals surface area contributed by atoms with Crippen molar-refractivity contribution in [1.82, 2.24) is 14.7 Å². The monoisotopic (exact) mass is 392 g/mol. The standard InChI is InChI=1S/C24H32N4O/c1-3-26(4-2)24(29)27-17-21-12-8-9-13-23(21)28-15-14-25(18-22(28)19-27)16-20-10-6-5-7-11-20/h5-13,22H,3-4,14-19H2,1-2H3. The van der Waals surface area contributed by atoms with E-state index in [9.17, 15) is 4.79 Å². The molecule has 2 aliphatic heterocycles. The van der Waals surface area contributed by atoms with Crippen LogP contribution in [0, 0.1) is 0 Å². The van der Waals surface area contributed by atoms with Crippen molar-refractivity contribution in [2.24, 2.45) is 0 Å². The van der Waals surface area contributed by atoms with Crippen LogP contribution in [0.2, 0.25) is 0 Å². The molecule has 2 heterocycles. The van der Waals surface area contributed by atoms with E-state index >= 15 is 0 Å². The molecule has 2 aromatic rings. The summed E-state index contributed by atoms with van der Waals surface area (Å²) in [5, 5.41) is 0. The first kappa shape index (κ1) is 19.8. The van der Waals surface area contributed by atoms with Gasteiger partial charge in [-0.1, -0.05) is 48.5 Å². The van der Waals surface area contributed by atoms with Gasteiger partial charge in [0.05, 0.1) is 6.04 Å². The number of para-hydroxylation sites is 1. The van der Waals surface area contributed by atoms with Gasteiger partial charge in [-0.2, -0.15) is 0 Å². The number of piperazine rings is 1. The highest BCUT2D eigenvalue weighted by molar-refractivity contribution is 5.75. The van der Waals surface area contributed by atoms with E-state index in [1.165, 1.54) is 16.8 Å². The van der Waals surface area contributed by atoms with Gasteiger partial charge in [-0.3, -0.25) is 4.90 Å². The first-order chi connectivity index (χ1) is 14.2. The van der Waals surface area contributed by atoms with E-state index in [1.54, 1.807) is 0 Å². The summed E-state index contributed by atoms with van der Waals surface area (Å²) in [6.07, 6.45) is 0. The summed E-state index contributed by atoms with van der Waals surface area (Å²) in [6.45, 7) is 11.1. The molecule has 5 nitrogen and oxygen atoms in total. The molecule has 4 rings (SSSR count). The van der Waals surface area contributed by atoms with E-state index in [2.05, 4.69) is 83.1 Å². The highest BCUT2D eigenvalue weighted by Gasteiger charge is 2.35. The van der Waals surface area contributed by atoms with Crippen molar-refractivity contribution in [3.8, 4) is 0 Å². The van der Waals surface area contributed by atoms with Gasteiger partial charge < -0.3 is 14.7 Å². The van der Waals surface area contributed by atoms with Crippen molar-refractivity contribution < 1.29 is 4.79 Å². The quantitative estimate of drug-likeness (QED) is 0.796. The molecular formula is C24H32N4O. The number of nitrogens with zero attached hydrogens (tertiary/aromatic N) is 4. The van der Waals surface area contributed by atoms with Crippen LogP contribution in [0.5, 0.6) is 0 Å². The van der Waals surface area contributed by atoms with Gasteiger partial charge in [-0.15, -0.1) is 0 Å². The van der Waals surface area contributed by atoms with Crippen LogP contribution in [0.1, 0.15) is 25.0 Å². The first-order valence-electron chi connectivity index (χ1n) is 10.8. The molecule has 0 N–H and O–H groups in total. The number of benzene rings is 2. The molecule has 29 heavy (non-hydrogen) atoms.